The van der Waals surface area contributed by atoms with Gasteiger partial charge in [-0.1, -0.05) is 35.5 Å². The molecule has 2 rings (SSSR count). The average Bonchev–Trinajstić information content (AvgIpc) is 2.93. The Kier molecular flexibility index (Phi) is 5.05. The van der Waals surface area contributed by atoms with Crippen molar-refractivity contribution in [3.8, 4) is 11.4 Å². The van der Waals surface area contributed by atoms with Gasteiger partial charge in [0.25, 0.3) is 10.2 Å². The molecule has 1 N–H and O–H groups in total. The van der Waals surface area contributed by atoms with Crippen LogP contribution in [-0.2, 0) is 16.6 Å². The van der Waals surface area contributed by atoms with Crippen molar-refractivity contribution in [2.45, 2.75) is 12.8 Å². The van der Waals surface area contributed by atoms with Crippen LogP contribution in [-0.4, -0.2) is 43.5 Å². The lowest BCUT2D eigenvalue weighted by molar-refractivity contribution is 0.376. The Morgan fingerprint density at radius 1 is 1.24 bits per heavy atom. The second-order valence-corrected chi connectivity index (χ2v) is 6.63. The lowest BCUT2D eigenvalue weighted by atomic mass is 10.2. The molecular weight excluding hydrogens is 292 g/mol. The van der Waals surface area contributed by atoms with E-state index in [9.17, 15) is 8.42 Å². The number of rotatable bonds is 7. The summed E-state index contributed by atoms with van der Waals surface area (Å²) in [4.78, 5) is 4.28. The Labute approximate surface area is 124 Å². The molecule has 7 nitrogen and oxygen atoms in total. The van der Waals surface area contributed by atoms with Gasteiger partial charge in [-0.3, -0.25) is 0 Å². The van der Waals surface area contributed by atoms with Gasteiger partial charge in [-0.2, -0.15) is 17.7 Å². The van der Waals surface area contributed by atoms with Crippen LogP contribution in [0, 0.1) is 0 Å². The molecule has 0 bridgehead atoms. The van der Waals surface area contributed by atoms with Gasteiger partial charge in [0, 0.05) is 32.6 Å². The number of hydrogen-bond donors (Lipinski definition) is 1. The van der Waals surface area contributed by atoms with Gasteiger partial charge in [-0.25, -0.2) is 4.72 Å². The van der Waals surface area contributed by atoms with Gasteiger partial charge in [0.05, 0.1) is 0 Å². The minimum absolute atomic E-state index is 0.323. The fraction of sp³-hybridized carbons (Fsp3) is 0.385. The molecule has 0 fully saturated rings. The topological polar surface area (TPSA) is 88.3 Å². The van der Waals surface area contributed by atoms with Crippen LogP contribution in [0.15, 0.2) is 34.9 Å². The monoisotopic (exact) mass is 310 g/mol. The molecule has 0 saturated heterocycles. The molecule has 0 aliphatic heterocycles. The van der Waals surface area contributed by atoms with Crippen molar-refractivity contribution in [3.63, 3.8) is 0 Å². The quantitative estimate of drug-likeness (QED) is 0.773. The van der Waals surface area contributed by atoms with Gasteiger partial charge in [-0.05, 0) is 6.42 Å². The van der Waals surface area contributed by atoms with Crippen molar-refractivity contribution in [1.82, 2.24) is 19.2 Å². The number of aryl methyl sites for hydroxylation is 1. The second kappa shape index (κ2) is 6.79. The van der Waals surface area contributed by atoms with Crippen LogP contribution in [0.3, 0.4) is 0 Å². The van der Waals surface area contributed by atoms with Crippen LogP contribution < -0.4 is 4.72 Å². The lowest BCUT2D eigenvalue weighted by Crippen LogP contribution is -2.36. The maximum Gasteiger partial charge on any atom is 0.278 e. The van der Waals surface area contributed by atoms with E-state index < -0.39 is 10.2 Å². The predicted molar refractivity (Wildman–Crippen MR) is 78.7 cm³/mol. The summed E-state index contributed by atoms with van der Waals surface area (Å²) >= 11 is 0. The van der Waals surface area contributed by atoms with Crippen LogP contribution in [0.1, 0.15) is 12.3 Å². The smallest absolute Gasteiger partial charge is 0.278 e. The molecule has 0 atom stereocenters. The van der Waals surface area contributed by atoms with Crippen molar-refractivity contribution in [1.29, 1.82) is 0 Å². The Balaban J connectivity index is 1.84. The first kappa shape index (κ1) is 15.6. The summed E-state index contributed by atoms with van der Waals surface area (Å²) in [6.45, 7) is 0.323. The summed E-state index contributed by atoms with van der Waals surface area (Å²) in [7, 11) is -0.416. The van der Waals surface area contributed by atoms with Crippen molar-refractivity contribution < 1.29 is 12.9 Å². The minimum atomic E-state index is -3.37. The molecule has 2 aromatic rings. The van der Waals surface area contributed by atoms with Crippen molar-refractivity contribution in [2.75, 3.05) is 20.6 Å². The Hall–Kier alpha value is -1.77. The summed E-state index contributed by atoms with van der Waals surface area (Å²) in [6.07, 6.45) is 1.11. The number of hydrogen-bond acceptors (Lipinski definition) is 5. The van der Waals surface area contributed by atoms with E-state index >= 15 is 0 Å². The summed E-state index contributed by atoms with van der Waals surface area (Å²) in [5.74, 6) is 1.04. The van der Waals surface area contributed by atoms with Crippen LogP contribution in [0.25, 0.3) is 11.4 Å². The molecule has 0 aliphatic rings. The highest BCUT2D eigenvalue weighted by atomic mass is 32.2. The second-order valence-electron chi connectivity index (χ2n) is 4.66. The maximum atomic E-state index is 11.5. The molecular formula is C13H18N4O3S. The van der Waals surface area contributed by atoms with Gasteiger partial charge in [0.15, 0.2) is 0 Å². The first-order valence-corrected chi connectivity index (χ1v) is 7.98. The summed E-state index contributed by atoms with van der Waals surface area (Å²) in [5, 5.41) is 3.91. The maximum absolute atomic E-state index is 11.5. The molecule has 0 radical (unpaired) electrons. The highest BCUT2D eigenvalue weighted by molar-refractivity contribution is 7.87. The van der Waals surface area contributed by atoms with Gasteiger partial charge < -0.3 is 4.52 Å². The molecule has 21 heavy (non-hydrogen) atoms. The van der Waals surface area contributed by atoms with E-state index in [0.29, 0.717) is 31.1 Å². The van der Waals surface area contributed by atoms with E-state index in [0.717, 1.165) is 9.87 Å². The zero-order chi connectivity index (χ0) is 15.3. The first-order valence-electron chi connectivity index (χ1n) is 6.54. The van der Waals surface area contributed by atoms with Gasteiger partial charge in [0.1, 0.15) is 0 Å². The summed E-state index contributed by atoms with van der Waals surface area (Å²) in [5.41, 5.74) is 0.890. The largest absolute Gasteiger partial charge is 0.339 e. The minimum Gasteiger partial charge on any atom is -0.339 e. The van der Waals surface area contributed by atoms with Crippen LogP contribution >= 0.6 is 0 Å². The molecule has 1 aromatic carbocycles. The summed E-state index contributed by atoms with van der Waals surface area (Å²) < 4.78 is 31.7. The lowest BCUT2D eigenvalue weighted by Gasteiger charge is -2.11. The van der Waals surface area contributed by atoms with Gasteiger partial charge in [-0.15, -0.1) is 0 Å². The molecule has 1 heterocycles. The van der Waals surface area contributed by atoms with Crippen LogP contribution in [0.5, 0.6) is 0 Å². The van der Waals surface area contributed by atoms with Gasteiger partial charge >= 0.3 is 0 Å². The third-order valence-electron chi connectivity index (χ3n) is 2.83. The van der Waals surface area contributed by atoms with Crippen molar-refractivity contribution in [3.05, 3.63) is 36.2 Å². The number of nitrogens with one attached hydrogen (secondary N) is 1. The third-order valence-corrected chi connectivity index (χ3v) is 4.36. The standard InChI is InChI=1S/C13H18N4O3S/c1-17(2)21(18,19)14-10-6-9-12-15-13(16-20-12)11-7-4-3-5-8-11/h3-5,7-8,14H,6,9-10H2,1-2H3. The zero-order valence-electron chi connectivity index (χ0n) is 12.0. The zero-order valence-corrected chi connectivity index (χ0v) is 12.8. The van der Waals surface area contributed by atoms with E-state index in [-0.39, 0.29) is 0 Å². The molecule has 0 aliphatic carbocycles. The van der Waals surface area contributed by atoms with Gasteiger partial charge in [0.2, 0.25) is 11.7 Å². The first-order chi connectivity index (χ1) is 9.99. The molecule has 0 spiro atoms. The molecule has 114 valence electrons. The van der Waals surface area contributed by atoms with Crippen molar-refractivity contribution >= 4 is 10.2 Å². The third kappa shape index (κ3) is 4.35. The van der Waals surface area contributed by atoms with E-state index in [1.165, 1.54) is 14.1 Å². The SMILES string of the molecule is CN(C)S(=O)(=O)NCCCc1nc(-c2ccccc2)no1. The fourth-order valence-electron chi connectivity index (χ4n) is 1.63. The fourth-order valence-corrected chi connectivity index (χ4v) is 2.29. The molecule has 0 saturated carbocycles. The van der Waals surface area contributed by atoms with E-state index in [2.05, 4.69) is 14.9 Å². The van der Waals surface area contributed by atoms with Crippen LogP contribution in [0.4, 0.5) is 0 Å². The molecule has 0 amide bonds. The Morgan fingerprint density at radius 3 is 2.62 bits per heavy atom. The highest BCUT2D eigenvalue weighted by Crippen LogP contribution is 2.15. The van der Waals surface area contributed by atoms with Crippen molar-refractivity contribution in [2.24, 2.45) is 0 Å². The Morgan fingerprint density at radius 2 is 1.95 bits per heavy atom. The Bertz CT molecular complexity index is 668. The van der Waals surface area contributed by atoms with Crippen LogP contribution in [0.2, 0.25) is 0 Å². The van der Waals surface area contributed by atoms with E-state index in [1.807, 2.05) is 30.3 Å². The average molecular weight is 310 g/mol. The number of aromatic nitrogens is 2. The highest BCUT2D eigenvalue weighted by Gasteiger charge is 2.12. The predicted octanol–water partition coefficient (Wildman–Crippen LogP) is 1.07. The van der Waals surface area contributed by atoms with E-state index in [4.69, 9.17) is 4.52 Å². The molecule has 8 heteroatoms. The van der Waals surface area contributed by atoms with E-state index in [1.54, 1.807) is 0 Å². The number of nitrogens with zero attached hydrogens (tertiary/aromatic N) is 3. The summed E-state index contributed by atoms with van der Waals surface area (Å²) in [6, 6.07) is 9.53. The molecule has 1 aromatic heterocycles. The molecule has 0 unspecified atom stereocenters. The normalized spacial score (nSPS) is 12.0. The number of benzene rings is 1.